The summed E-state index contributed by atoms with van der Waals surface area (Å²) in [6.07, 6.45) is 0.827. The molecule has 2 aliphatic heterocycles. The van der Waals surface area contributed by atoms with Gasteiger partial charge in [-0.3, -0.25) is 4.79 Å². The molecule has 212 valence electrons. The Labute approximate surface area is 249 Å². The van der Waals surface area contributed by atoms with Gasteiger partial charge in [-0.1, -0.05) is 60.0 Å². The van der Waals surface area contributed by atoms with Crippen molar-refractivity contribution in [3.8, 4) is 6.07 Å². The summed E-state index contributed by atoms with van der Waals surface area (Å²) in [5, 5.41) is 14.9. The van der Waals surface area contributed by atoms with Gasteiger partial charge in [0.15, 0.2) is 4.80 Å². The first-order valence-corrected chi connectivity index (χ1v) is 15.3. The Hall–Kier alpha value is -3.78. The first-order valence-electron chi connectivity index (χ1n) is 13.6. The van der Waals surface area contributed by atoms with Crippen molar-refractivity contribution in [2.24, 2.45) is 4.99 Å². The minimum Gasteiger partial charge on any atom is -0.384 e. The number of anilines is 1. The third-order valence-corrected chi connectivity index (χ3v) is 9.65. The summed E-state index contributed by atoms with van der Waals surface area (Å²) in [5.74, 6) is 0.158. The second kappa shape index (κ2) is 12.4. The van der Waals surface area contributed by atoms with Gasteiger partial charge in [-0.15, -0.1) is 0 Å². The number of likely N-dealkylation sites (N-methyl/N-ethyl adjacent to an activating group) is 1. The molecule has 0 aliphatic carbocycles. The number of rotatable bonds is 7. The molecule has 1 amide bonds. The van der Waals surface area contributed by atoms with Gasteiger partial charge < -0.3 is 24.6 Å². The van der Waals surface area contributed by atoms with Crippen LogP contribution in [0, 0.1) is 11.3 Å². The van der Waals surface area contributed by atoms with Crippen LogP contribution in [0.1, 0.15) is 24.5 Å². The number of amides is 1. The molecular formula is C31H35N7OS2. The van der Waals surface area contributed by atoms with Gasteiger partial charge in [-0.25, -0.2) is 4.99 Å². The van der Waals surface area contributed by atoms with Gasteiger partial charge in [0.25, 0.3) is 0 Å². The highest BCUT2D eigenvalue weighted by Gasteiger charge is 2.32. The molecule has 1 aromatic heterocycles. The monoisotopic (exact) mass is 585 g/mol. The molecule has 0 spiro atoms. The number of hydrogen-bond donors (Lipinski definition) is 1. The number of thiazole rings is 1. The van der Waals surface area contributed by atoms with Crippen LogP contribution in [0.2, 0.25) is 0 Å². The van der Waals surface area contributed by atoms with E-state index in [1.165, 1.54) is 10.6 Å². The van der Waals surface area contributed by atoms with Gasteiger partial charge in [0.2, 0.25) is 5.91 Å². The van der Waals surface area contributed by atoms with Crippen LogP contribution in [0.3, 0.4) is 0 Å². The number of nitriles is 1. The summed E-state index contributed by atoms with van der Waals surface area (Å²) >= 11 is 3.35. The molecule has 0 saturated carbocycles. The van der Waals surface area contributed by atoms with E-state index in [1.807, 2.05) is 67.2 Å². The van der Waals surface area contributed by atoms with E-state index in [9.17, 15) is 10.1 Å². The Bertz CT molecular complexity index is 1710. The Morgan fingerprint density at radius 2 is 2.00 bits per heavy atom. The van der Waals surface area contributed by atoms with Gasteiger partial charge in [0.1, 0.15) is 0 Å². The highest BCUT2D eigenvalue weighted by atomic mass is 32.2. The first kappa shape index (κ1) is 28.7. The molecule has 10 heteroatoms. The van der Waals surface area contributed by atoms with Crippen molar-refractivity contribution in [3.63, 3.8) is 0 Å². The molecular weight excluding hydrogens is 551 g/mol. The Kier molecular flexibility index (Phi) is 8.68. The highest BCUT2D eigenvalue weighted by Crippen LogP contribution is 2.44. The van der Waals surface area contributed by atoms with Crippen molar-refractivity contribution >= 4 is 52.0 Å². The summed E-state index contributed by atoms with van der Waals surface area (Å²) < 4.78 is 3.23. The minimum absolute atomic E-state index is 0.158. The lowest BCUT2D eigenvalue weighted by Crippen LogP contribution is -2.41. The Balaban J connectivity index is 1.61. The molecule has 41 heavy (non-hydrogen) atoms. The van der Waals surface area contributed by atoms with Crippen LogP contribution >= 0.6 is 23.1 Å². The van der Waals surface area contributed by atoms with Crippen LogP contribution in [0.5, 0.6) is 0 Å². The maximum atomic E-state index is 12.8. The van der Waals surface area contributed by atoms with E-state index >= 15 is 0 Å². The molecule has 0 fully saturated rings. The summed E-state index contributed by atoms with van der Waals surface area (Å²) in [5.41, 5.74) is 4.61. The van der Waals surface area contributed by atoms with E-state index in [2.05, 4.69) is 46.6 Å². The van der Waals surface area contributed by atoms with Gasteiger partial charge in [-0.05, 0) is 44.8 Å². The minimum atomic E-state index is 0.158. The molecule has 0 atom stereocenters. The standard InChI is InChI=1S/C31H35N7OS2/c1-6-33-24-13-12-23(17-32)16-25(24)34-31-38(18-22-10-8-7-9-11-22)21(2)29(41-31)30-36(5)26-14-15-37(19-27(26)40-30)28(39)20-35(3)4/h7-13,16,33H,2,6,14-15,18-20H2,1,3-5H3/b30-29-,34-31?. The normalized spacial score (nSPS) is 16.8. The average Bonchev–Trinajstić information content (AvgIpc) is 3.45. The van der Waals surface area contributed by atoms with E-state index in [-0.39, 0.29) is 5.91 Å². The molecule has 3 heterocycles. The van der Waals surface area contributed by atoms with Gasteiger partial charge in [-0.2, -0.15) is 5.26 Å². The average molecular weight is 586 g/mol. The molecule has 1 N–H and O–H groups in total. The fourth-order valence-electron chi connectivity index (χ4n) is 5.02. The van der Waals surface area contributed by atoms with E-state index in [1.54, 1.807) is 23.1 Å². The largest absolute Gasteiger partial charge is 0.384 e. The van der Waals surface area contributed by atoms with E-state index in [0.717, 1.165) is 56.2 Å². The molecule has 0 radical (unpaired) electrons. The number of hydrogen-bond acceptors (Lipinski definition) is 8. The zero-order valence-electron chi connectivity index (χ0n) is 24.0. The van der Waals surface area contributed by atoms with Crippen LogP contribution < -0.4 is 20.0 Å². The number of aromatic nitrogens is 1. The SMILES string of the molecule is C=c1/c(=C2/SC3=C(CCN(C(=O)CN(C)C)C3)N2C)sc(=Nc2cc(C#N)ccc2NCC)n1Cc1ccccc1. The lowest BCUT2D eigenvalue weighted by atomic mass is 10.2. The van der Waals surface area contributed by atoms with Gasteiger partial charge >= 0.3 is 0 Å². The van der Waals surface area contributed by atoms with E-state index in [0.29, 0.717) is 25.2 Å². The molecule has 0 unspecified atom stereocenters. The van der Waals surface area contributed by atoms with Crippen molar-refractivity contribution in [3.05, 3.63) is 84.9 Å². The number of nitrogens with zero attached hydrogens (tertiary/aromatic N) is 6. The Morgan fingerprint density at radius 3 is 2.71 bits per heavy atom. The van der Waals surface area contributed by atoms with Crippen LogP contribution in [0.25, 0.3) is 11.6 Å². The predicted octanol–water partition coefficient (Wildman–Crippen LogP) is 3.29. The number of thioether (sulfide) groups is 1. The Morgan fingerprint density at radius 1 is 1.22 bits per heavy atom. The van der Waals surface area contributed by atoms with Crippen LogP contribution in [-0.4, -0.2) is 72.5 Å². The summed E-state index contributed by atoms with van der Waals surface area (Å²) in [4.78, 5) is 26.1. The van der Waals surface area contributed by atoms with Crippen LogP contribution in [0.15, 0.2) is 64.1 Å². The number of nitrogens with one attached hydrogen (secondary N) is 1. The molecule has 0 bridgehead atoms. The third kappa shape index (κ3) is 6.12. The van der Waals surface area contributed by atoms with Crippen molar-refractivity contribution in [1.82, 2.24) is 19.3 Å². The van der Waals surface area contributed by atoms with Crippen molar-refractivity contribution in [1.29, 1.82) is 5.26 Å². The fraction of sp³-hybridized carbons (Fsp3) is 0.323. The smallest absolute Gasteiger partial charge is 0.237 e. The van der Waals surface area contributed by atoms with Crippen LogP contribution in [-0.2, 0) is 11.3 Å². The molecule has 8 nitrogen and oxygen atoms in total. The van der Waals surface area contributed by atoms with E-state index in [4.69, 9.17) is 4.99 Å². The van der Waals surface area contributed by atoms with Gasteiger partial charge in [0.05, 0.1) is 57.6 Å². The number of carbonyl (C=O) groups is 1. The maximum Gasteiger partial charge on any atom is 0.237 e. The van der Waals surface area contributed by atoms with Crippen LogP contribution in [0.4, 0.5) is 11.4 Å². The first-order chi connectivity index (χ1) is 19.8. The number of carbonyl (C=O) groups excluding carboxylic acids is 1. The molecule has 0 saturated heterocycles. The second-order valence-electron chi connectivity index (χ2n) is 10.4. The zero-order chi connectivity index (χ0) is 29.1. The zero-order valence-corrected chi connectivity index (χ0v) is 25.6. The number of benzene rings is 2. The summed E-state index contributed by atoms with van der Waals surface area (Å²) in [6, 6.07) is 18.1. The lowest BCUT2D eigenvalue weighted by Gasteiger charge is -2.30. The topological polar surface area (TPSA) is 79.9 Å². The van der Waals surface area contributed by atoms with Crippen molar-refractivity contribution in [2.45, 2.75) is 19.9 Å². The molecule has 3 aromatic rings. The molecule has 5 rings (SSSR count). The summed E-state index contributed by atoms with van der Waals surface area (Å²) in [7, 11) is 5.96. The second-order valence-corrected chi connectivity index (χ2v) is 12.4. The fourth-order valence-corrected chi connectivity index (χ4v) is 7.60. The van der Waals surface area contributed by atoms with E-state index < -0.39 is 0 Å². The highest BCUT2D eigenvalue weighted by molar-refractivity contribution is 8.11. The predicted molar refractivity (Wildman–Crippen MR) is 169 cm³/mol. The molecule has 2 aliphatic rings. The lowest BCUT2D eigenvalue weighted by molar-refractivity contribution is -0.131. The quantitative estimate of drug-likeness (QED) is 0.459. The van der Waals surface area contributed by atoms with Crippen molar-refractivity contribution < 1.29 is 4.79 Å². The van der Waals surface area contributed by atoms with Crippen molar-refractivity contribution in [2.75, 3.05) is 52.6 Å². The summed E-state index contributed by atoms with van der Waals surface area (Å²) in [6.45, 7) is 9.74. The molecule has 2 aromatic carbocycles. The van der Waals surface area contributed by atoms with Gasteiger partial charge in [0, 0.05) is 37.2 Å². The third-order valence-electron chi connectivity index (χ3n) is 7.11. The maximum absolute atomic E-state index is 12.8.